The van der Waals surface area contributed by atoms with Crippen molar-refractivity contribution in [3.05, 3.63) is 118 Å². The Morgan fingerprint density at radius 1 is 1.00 bits per heavy atom. The predicted octanol–water partition coefficient (Wildman–Crippen LogP) is 8.60. The first-order valence-electron chi connectivity index (χ1n) is 16.0. The second-order valence-corrected chi connectivity index (χ2v) is 13.7. The number of hydrogen-bond donors (Lipinski definition) is 1. The zero-order valence-corrected chi connectivity index (χ0v) is 28.3. The van der Waals surface area contributed by atoms with Gasteiger partial charge < -0.3 is 20.0 Å². The van der Waals surface area contributed by atoms with Gasteiger partial charge in [0.2, 0.25) is 5.91 Å². The maximum absolute atomic E-state index is 16.2. The molecule has 1 aliphatic carbocycles. The molecular formula is C39H42F4NO4-. The third-order valence-electron chi connectivity index (χ3n) is 9.03. The van der Waals surface area contributed by atoms with Crippen LogP contribution < -0.4 is 15.2 Å². The Morgan fingerprint density at radius 2 is 1.62 bits per heavy atom. The summed E-state index contributed by atoms with van der Waals surface area (Å²) in [5.74, 6) is -2.80. The van der Waals surface area contributed by atoms with Crippen LogP contribution in [-0.2, 0) is 10.2 Å². The molecule has 0 aliphatic heterocycles. The van der Waals surface area contributed by atoms with Gasteiger partial charge in [0.15, 0.2) is 0 Å². The zero-order valence-electron chi connectivity index (χ0n) is 28.3. The van der Waals surface area contributed by atoms with E-state index >= 15 is 4.39 Å². The van der Waals surface area contributed by atoms with Crippen molar-refractivity contribution in [3.8, 4) is 5.75 Å². The van der Waals surface area contributed by atoms with Crippen molar-refractivity contribution in [3.63, 3.8) is 0 Å². The summed E-state index contributed by atoms with van der Waals surface area (Å²) in [4.78, 5) is 25.8. The van der Waals surface area contributed by atoms with Crippen LogP contribution in [0.25, 0.3) is 5.57 Å². The van der Waals surface area contributed by atoms with Crippen molar-refractivity contribution in [1.82, 2.24) is 5.32 Å². The second kappa shape index (κ2) is 14.0. The average molecular weight is 665 g/mol. The summed E-state index contributed by atoms with van der Waals surface area (Å²) in [5, 5.41) is 14.6. The van der Waals surface area contributed by atoms with E-state index in [0.29, 0.717) is 35.1 Å². The van der Waals surface area contributed by atoms with E-state index < -0.39 is 52.9 Å². The Morgan fingerprint density at radius 3 is 2.15 bits per heavy atom. The van der Waals surface area contributed by atoms with Gasteiger partial charge in [-0.05, 0) is 95.3 Å². The number of rotatable bonds is 10. The predicted molar refractivity (Wildman–Crippen MR) is 177 cm³/mol. The third-order valence-corrected chi connectivity index (χ3v) is 9.03. The molecule has 48 heavy (non-hydrogen) atoms. The summed E-state index contributed by atoms with van der Waals surface area (Å²) in [6, 6.07) is 15.1. The van der Waals surface area contributed by atoms with Crippen LogP contribution in [0.3, 0.4) is 0 Å². The highest BCUT2D eigenvalue weighted by Crippen LogP contribution is 2.43. The van der Waals surface area contributed by atoms with E-state index in [-0.39, 0.29) is 5.56 Å². The van der Waals surface area contributed by atoms with E-state index in [1.807, 2.05) is 59.7 Å². The van der Waals surface area contributed by atoms with Gasteiger partial charge in [0, 0.05) is 5.92 Å². The monoisotopic (exact) mass is 664 g/mol. The van der Waals surface area contributed by atoms with E-state index in [0.717, 1.165) is 16.7 Å². The van der Waals surface area contributed by atoms with E-state index in [1.165, 1.54) is 43.3 Å². The van der Waals surface area contributed by atoms with Gasteiger partial charge in [-0.1, -0.05) is 94.8 Å². The summed E-state index contributed by atoms with van der Waals surface area (Å²) >= 11 is 0. The first-order valence-corrected chi connectivity index (χ1v) is 16.0. The SMILES string of the molecule is CCCC(c1ccc(C(=O)[O-])cc1)C(NC(=O)C1(C)C=CC(c2c(C)cccc2C)=CC1F)c1ccc(OC(F)(F)F)cc1C(C)(C)C. The van der Waals surface area contributed by atoms with Crippen molar-refractivity contribution in [2.75, 3.05) is 0 Å². The number of carboxylic acids is 1. The summed E-state index contributed by atoms with van der Waals surface area (Å²) in [5.41, 5.74) is 2.94. The molecule has 1 amide bonds. The lowest BCUT2D eigenvalue weighted by molar-refractivity contribution is -0.274. The molecule has 4 rings (SSSR count). The largest absolute Gasteiger partial charge is 0.573 e. The molecule has 1 N–H and O–H groups in total. The Balaban J connectivity index is 1.83. The molecule has 0 aromatic heterocycles. The number of allylic oxidation sites excluding steroid dienone is 3. The van der Waals surface area contributed by atoms with Crippen molar-refractivity contribution < 1.29 is 37.0 Å². The minimum Gasteiger partial charge on any atom is -0.545 e. The van der Waals surface area contributed by atoms with Gasteiger partial charge in [-0.2, -0.15) is 0 Å². The number of benzene rings is 3. The fourth-order valence-corrected chi connectivity index (χ4v) is 6.43. The molecule has 3 aromatic carbocycles. The van der Waals surface area contributed by atoms with E-state index in [1.54, 1.807) is 24.3 Å². The molecule has 4 atom stereocenters. The number of carbonyl (C=O) groups is 2. The van der Waals surface area contributed by atoms with Gasteiger partial charge in [0.1, 0.15) is 11.9 Å². The number of alkyl halides is 4. The second-order valence-electron chi connectivity index (χ2n) is 13.7. The average Bonchev–Trinajstić information content (AvgIpc) is 2.99. The molecule has 0 heterocycles. The topological polar surface area (TPSA) is 78.5 Å². The van der Waals surface area contributed by atoms with Crippen LogP contribution in [0.4, 0.5) is 17.6 Å². The molecule has 9 heteroatoms. The van der Waals surface area contributed by atoms with Gasteiger partial charge in [-0.25, -0.2) is 4.39 Å². The highest BCUT2D eigenvalue weighted by Gasteiger charge is 2.43. The molecule has 256 valence electrons. The first kappa shape index (κ1) is 36.4. The third kappa shape index (κ3) is 8.00. The number of ether oxygens (including phenoxy) is 1. The lowest BCUT2D eigenvalue weighted by atomic mass is 9.74. The number of aryl methyl sites for hydroxylation is 2. The summed E-state index contributed by atoms with van der Waals surface area (Å²) in [6.07, 6.45) is -0.640. The number of aromatic carboxylic acids is 1. The van der Waals surface area contributed by atoms with Gasteiger partial charge in [0.05, 0.1) is 17.4 Å². The molecule has 0 fully saturated rings. The normalized spacial score (nSPS) is 19.3. The maximum Gasteiger partial charge on any atom is 0.573 e. The molecule has 0 radical (unpaired) electrons. The molecule has 0 saturated heterocycles. The first-order chi connectivity index (χ1) is 22.4. The minimum atomic E-state index is -4.91. The van der Waals surface area contributed by atoms with Crippen LogP contribution in [0.15, 0.2) is 78.9 Å². The van der Waals surface area contributed by atoms with Gasteiger partial charge in [0.25, 0.3) is 0 Å². The highest BCUT2D eigenvalue weighted by molar-refractivity contribution is 5.90. The molecule has 4 unspecified atom stereocenters. The van der Waals surface area contributed by atoms with Crippen LogP contribution in [0.1, 0.15) is 103 Å². The molecule has 1 aliphatic rings. The minimum absolute atomic E-state index is 0.0229. The Labute approximate surface area is 279 Å². The molecule has 3 aromatic rings. The Kier molecular flexibility index (Phi) is 10.6. The number of hydrogen-bond acceptors (Lipinski definition) is 4. The van der Waals surface area contributed by atoms with Crippen LogP contribution in [-0.4, -0.2) is 24.4 Å². The van der Waals surface area contributed by atoms with Gasteiger partial charge in [-0.3, -0.25) is 4.79 Å². The Hall–Kier alpha value is -4.40. The number of nitrogens with one attached hydrogen (secondary N) is 1. The number of halogens is 4. The van der Waals surface area contributed by atoms with Crippen molar-refractivity contribution >= 4 is 17.4 Å². The molecular weight excluding hydrogens is 622 g/mol. The van der Waals surface area contributed by atoms with Gasteiger partial charge >= 0.3 is 6.36 Å². The van der Waals surface area contributed by atoms with Crippen LogP contribution >= 0.6 is 0 Å². The summed E-state index contributed by atoms with van der Waals surface area (Å²) < 4.78 is 60.2. The summed E-state index contributed by atoms with van der Waals surface area (Å²) in [6.45, 7) is 12.9. The lowest BCUT2D eigenvalue weighted by Crippen LogP contribution is -2.47. The number of amides is 1. The quantitative estimate of drug-likeness (QED) is 0.220. The van der Waals surface area contributed by atoms with Crippen LogP contribution in [0.2, 0.25) is 0 Å². The maximum atomic E-state index is 16.2. The lowest BCUT2D eigenvalue weighted by Gasteiger charge is -2.37. The van der Waals surface area contributed by atoms with E-state index in [2.05, 4.69) is 10.1 Å². The number of carbonyl (C=O) groups excluding carboxylic acids is 2. The summed E-state index contributed by atoms with van der Waals surface area (Å²) in [7, 11) is 0. The standard InChI is InChI=1S/C39H43F4NO4/c1-8-10-29(25-13-15-26(16-14-25)35(45)46)34(30-18-17-28(48-39(41,42)43)22-31(30)37(4,5)6)44-36(47)38(7)20-19-27(21-32(38)40)33-23(2)11-9-12-24(33)3/h9,11-22,29,32,34H,8,10H2,1-7H3,(H,44,47)(H,45,46)/p-1. The van der Waals surface area contributed by atoms with Crippen LogP contribution in [0.5, 0.6) is 5.75 Å². The molecule has 0 saturated carbocycles. The fraction of sp³-hybridized carbons (Fsp3) is 0.385. The smallest absolute Gasteiger partial charge is 0.545 e. The van der Waals surface area contributed by atoms with Crippen molar-refractivity contribution in [2.45, 2.75) is 91.2 Å². The zero-order chi connectivity index (χ0) is 35.6. The van der Waals surface area contributed by atoms with Crippen molar-refractivity contribution in [1.29, 1.82) is 0 Å². The molecule has 5 nitrogen and oxygen atoms in total. The number of carboxylic acid groups (broad SMARTS) is 1. The van der Waals surface area contributed by atoms with E-state index in [9.17, 15) is 27.9 Å². The van der Waals surface area contributed by atoms with Crippen molar-refractivity contribution in [2.24, 2.45) is 5.41 Å². The molecule has 0 spiro atoms. The molecule has 0 bridgehead atoms. The van der Waals surface area contributed by atoms with Gasteiger partial charge in [-0.15, -0.1) is 13.2 Å². The van der Waals surface area contributed by atoms with E-state index in [4.69, 9.17) is 0 Å². The Bertz CT molecular complexity index is 1700. The fourth-order valence-electron chi connectivity index (χ4n) is 6.43. The van der Waals surface area contributed by atoms with Crippen LogP contribution in [0, 0.1) is 19.3 Å². The highest BCUT2D eigenvalue weighted by atomic mass is 19.4.